The predicted molar refractivity (Wildman–Crippen MR) is 99.6 cm³/mol. The van der Waals surface area contributed by atoms with Gasteiger partial charge >= 0.3 is 0 Å². The van der Waals surface area contributed by atoms with Gasteiger partial charge in [0.05, 0.1) is 18.9 Å². The molecule has 2 atom stereocenters. The monoisotopic (exact) mass is 367 g/mol. The lowest BCUT2D eigenvalue weighted by molar-refractivity contribution is 0.238. The van der Waals surface area contributed by atoms with Crippen LogP contribution in [-0.4, -0.2) is 18.1 Å². The zero-order chi connectivity index (χ0) is 19.0. The molecule has 0 spiro atoms. The zero-order valence-electron chi connectivity index (χ0n) is 14.5. The first-order valence-electron chi connectivity index (χ1n) is 8.37. The van der Waals surface area contributed by atoms with Gasteiger partial charge in [-0.15, -0.1) is 0 Å². The molecule has 3 N–H and O–H groups in total. The number of fused-ring (bicyclic) bond motifs is 1. The Hall–Kier alpha value is -3.16. The number of halogens is 1. The molecule has 2 unspecified atom stereocenters. The summed E-state index contributed by atoms with van der Waals surface area (Å²) in [5, 5.41) is 10.9. The van der Waals surface area contributed by atoms with Crippen LogP contribution in [0.25, 0.3) is 0 Å². The van der Waals surface area contributed by atoms with Gasteiger partial charge in [-0.25, -0.2) is 4.39 Å². The highest BCUT2D eigenvalue weighted by Crippen LogP contribution is 2.39. The fourth-order valence-corrected chi connectivity index (χ4v) is 3.13. The molecule has 0 saturated carbocycles. The fraction of sp³-hybridized carbons (Fsp3) is 0.150. The molecule has 3 aromatic rings. The average Bonchev–Trinajstić information content (AvgIpc) is 3.17. The molecular formula is C20H18FN3O3. The Bertz CT molecular complexity index is 984. The molecule has 0 radical (unpaired) electrons. The molecule has 0 saturated heterocycles. The zero-order valence-corrected chi connectivity index (χ0v) is 14.5. The molecule has 0 fully saturated rings. The SMILES string of the molecule is COc1ccc(N2C(C(O)c3ccccc3F)=Nc3occc3C2N)cc1. The molecule has 4 rings (SSSR count). The van der Waals surface area contributed by atoms with E-state index in [-0.39, 0.29) is 11.4 Å². The number of methoxy groups -OCH3 is 1. The number of aliphatic imine (C=N–C) groups is 1. The third kappa shape index (κ3) is 2.97. The molecule has 138 valence electrons. The highest BCUT2D eigenvalue weighted by molar-refractivity contribution is 6.04. The van der Waals surface area contributed by atoms with E-state index in [4.69, 9.17) is 14.9 Å². The van der Waals surface area contributed by atoms with Crippen molar-refractivity contribution in [3.63, 3.8) is 0 Å². The Labute approximate surface area is 155 Å². The van der Waals surface area contributed by atoms with E-state index in [1.54, 1.807) is 54.5 Å². The summed E-state index contributed by atoms with van der Waals surface area (Å²) in [6, 6.07) is 14.9. The Morgan fingerprint density at radius 1 is 1.19 bits per heavy atom. The largest absolute Gasteiger partial charge is 0.497 e. The average molecular weight is 367 g/mol. The summed E-state index contributed by atoms with van der Waals surface area (Å²) in [5.41, 5.74) is 7.90. The van der Waals surface area contributed by atoms with Gasteiger partial charge in [-0.3, -0.25) is 0 Å². The summed E-state index contributed by atoms with van der Waals surface area (Å²) in [6.07, 6.45) is -0.489. The van der Waals surface area contributed by atoms with Crippen LogP contribution in [0.5, 0.6) is 5.75 Å². The van der Waals surface area contributed by atoms with Gasteiger partial charge in [0.15, 0.2) is 0 Å². The number of aliphatic hydroxyl groups is 1. The van der Waals surface area contributed by atoms with Crippen LogP contribution in [0.3, 0.4) is 0 Å². The number of nitrogens with two attached hydrogens (primary N) is 1. The second kappa shape index (κ2) is 6.86. The lowest BCUT2D eigenvalue weighted by Gasteiger charge is -2.36. The minimum atomic E-state index is -1.32. The van der Waals surface area contributed by atoms with Gasteiger partial charge in [0.1, 0.15) is 29.7 Å². The number of furan rings is 1. The van der Waals surface area contributed by atoms with Gasteiger partial charge in [-0.05, 0) is 36.4 Å². The Morgan fingerprint density at radius 2 is 1.93 bits per heavy atom. The van der Waals surface area contributed by atoms with E-state index >= 15 is 0 Å². The van der Waals surface area contributed by atoms with Crippen LogP contribution in [0.4, 0.5) is 16.0 Å². The maximum Gasteiger partial charge on any atom is 0.226 e. The molecular weight excluding hydrogens is 349 g/mol. The number of aliphatic hydroxyl groups excluding tert-OH is 1. The summed E-state index contributed by atoms with van der Waals surface area (Å²) in [5.74, 6) is 0.639. The van der Waals surface area contributed by atoms with E-state index in [2.05, 4.69) is 4.99 Å². The standard InChI is InChI=1S/C20H18FN3O3/c1-26-13-8-6-12(7-9-13)24-18(22)15-10-11-27-20(15)23-19(24)17(25)14-4-2-3-5-16(14)21/h2-11,17-18,25H,22H2,1H3. The second-order valence-electron chi connectivity index (χ2n) is 6.09. The van der Waals surface area contributed by atoms with Crippen molar-refractivity contribution in [1.82, 2.24) is 0 Å². The molecule has 1 aliphatic rings. The van der Waals surface area contributed by atoms with E-state index < -0.39 is 18.1 Å². The van der Waals surface area contributed by atoms with E-state index in [1.165, 1.54) is 18.4 Å². The molecule has 0 bridgehead atoms. The third-order valence-electron chi connectivity index (χ3n) is 4.53. The molecule has 0 aliphatic carbocycles. The van der Waals surface area contributed by atoms with Crippen molar-refractivity contribution < 1.29 is 18.7 Å². The normalized spacial score (nSPS) is 17.3. The molecule has 2 heterocycles. The maximum absolute atomic E-state index is 14.3. The number of anilines is 1. The highest BCUT2D eigenvalue weighted by atomic mass is 19.1. The van der Waals surface area contributed by atoms with Crippen LogP contribution >= 0.6 is 0 Å². The van der Waals surface area contributed by atoms with Crippen LogP contribution in [0.1, 0.15) is 23.4 Å². The molecule has 0 amide bonds. The number of amidine groups is 1. The number of benzene rings is 2. The summed E-state index contributed by atoms with van der Waals surface area (Å²) in [6.45, 7) is 0. The first kappa shape index (κ1) is 17.3. The van der Waals surface area contributed by atoms with Gasteiger partial charge in [-0.2, -0.15) is 4.99 Å². The molecule has 1 aliphatic heterocycles. The van der Waals surface area contributed by atoms with Crippen molar-refractivity contribution in [1.29, 1.82) is 0 Å². The Balaban J connectivity index is 1.83. The number of nitrogens with zero attached hydrogens (tertiary/aromatic N) is 2. The van der Waals surface area contributed by atoms with Gasteiger partial charge < -0.3 is 24.9 Å². The van der Waals surface area contributed by atoms with Crippen LogP contribution < -0.4 is 15.4 Å². The van der Waals surface area contributed by atoms with E-state index in [0.717, 1.165) is 0 Å². The van der Waals surface area contributed by atoms with Crippen LogP contribution in [0.15, 0.2) is 70.3 Å². The van der Waals surface area contributed by atoms with Crippen molar-refractivity contribution in [2.45, 2.75) is 12.3 Å². The second-order valence-corrected chi connectivity index (χ2v) is 6.09. The Kier molecular flexibility index (Phi) is 4.39. The summed E-state index contributed by atoms with van der Waals surface area (Å²) in [7, 11) is 1.58. The van der Waals surface area contributed by atoms with Crippen molar-refractivity contribution >= 4 is 17.4 Å². The minimum absolute atomic E-state index is 0.108. The molecule has 7 heteroatoms. The lowest BCUT2D eigenvalue weighted by Crippen LogP contribution is -2.44. The predicted octanol–water partition coefficient (Wildman–Crippen LogP) is 3.67. The van der Waals surface area contributed by atoms with Crippen molar-refractivity contribution in [2.24, 2.45) is 10.7 Å². The molecule has 2 aromatic carbocycles. The molecule has 1 aromatic heterocycles. The van der Waals surface area contributed by atoms with E-state index in [0.29, 0.717) is 22.9 Å². The summed E-state index contributed by atoms with van der Waals surface area (Å²) in [4.78, 5) is 6.08. The Morgan fingerprint density at radius 3 is 2.63 bits per heavy atom. The van der Waals surface area contributed by atoms with Crippen molar-refractivity contribution in [3.05, 3.63) is 77.8 Å². The van der Waals surface area contributed by atoms with E-state index in [9.17, 15) is 9.50 Å². The summed E-state index contributed by atoms with van der Waals surface area (Å²) < 4.78 is 24.8. The lowest BCUT2D eigenvalue weighted by atomic mass is 10.0. The first-order chi connectivity index (χ1) is 13.1. The smallest absolute Gasteiger partial charge is 0.226 e. The molecule has 6 nitrogen and oxygen atoms in total. The van der Waals surface area contributed by atoms with Crippen molar-refractivity contribution in [2.75, 3.05) is 12.0 Å². The third-order valence-corrected chi connectivity index (χ3v) is 4.53. The van der Waals surface area contributed by atoms with Gasteiger partial charge in [0.25, 0.3) is 0 Å². The van der Waals surface area contributed by atoms with Crippen LogP contribution in [0, 0.1) is 5.82 Å². The quantitative estimate of drug-likeness (QED) is 0.735. The van der Waals surface area contributed by atoms with Crippen LogP contribution in [0.2, 0.25) is 0 Å². The molecule has 27 heavy (non-hydrogen) atoms. The topological polar surface area (TPSA) is 84.2 Å². The van der Waals surface area contributed by atoms with Crippen molar-refractivity contribution in [3.8, 4) is 5.75 Å². The first-order valence-corrected chi connectivity index (χ1v) is 8.37. The number of ether oxygens (including phenoxy) is 1. The van der Waals surface area contributed by atoms with E-state index in [1.807, 2.05) is 0 Å². The number of hydrogen-bond acceptors (Lipinski definition) is 6. The summed E-state index contributed by atoms with van der Waals surface area (Å²) >= 11 is 0. The number of hydrogen-bond donors (Lipinski definition) is 2. The minimum Gasteiger partial charge on any atom is -0.497 e. The highest BCUT2D eigenvalue weighted by Gasteiger charge is 2.35. The number of rotatable bonds is 4. The van der Waals surface area contributed by atoms with Gasteiger partial charge in [0.2, 0.25) is 5.88 Å². The van der Waals surface area contributed by atoms with Crippen LogP contribution in [-0.2, 0) is 0 Å². The fourth-order valence-electron chi connectivity index (χ4n) is 3.13. The van der Waals surface area contributed by atoms with Gasteiger partial charge in [-0.1, -0.05) is 18.2 Å². The van der Waals surface area contributed by atoms with Gasteiger partial charge in [0, 0.05) is 11.3 Å². The maximum atomic E-state index is 14.3.